The maximum absolute atomic E-state index is 8.87. The molecule has 2 rings (SSSR count). The number of aliphatic hydroxyl groups is 1. The fourth-order valence-electron chi connectivity index (χ4n) is 1.34. The van der Waals surface area contributed by atoms with Gasteiger partial charge in [0.2, 0.25) is 0 Å². The van der Waals surface area contributed by atoms with Gasteiger partial charge in [0.15, 0.2) is 0 Å². The molecule has 0 fully saturated rings. The Labute approximate surface area is 111 Å². The van der Waals surface area contributed by atoms with Crippen LogP contribution >= 0.6 is 38.9 Å². The van der Waals surface area contributed by atoms with Crippen LogP contribution in [0.1, 0.15) is 5.69 Å². The Morgan fingerprint density at radius 3 is 2.94 bits per heavy atom. The predicted molar refractivity (Wildman–Crippen MR) is 71.0 cm³/mol. The first kappa shape index (κ1) is 12.0. The van der Waals surface area contributed by atoms with Crippen LogP contribution in [0.25, 0.3) is 10.6 Å². The average molecular weight is 319 g/mol. The van der Waals surface area contributed by atoms with Gasteiger partial charge in [0, 0.05) is 23.1 Å². The highest BCUT2D eigenvalue weighted by molar-refractivity contribution is 9.10. The van der Waals surface area contributed by atoms with E-state index in [-0.39, 0.29) is 6.61 Å². The van der Waals surface area contributed by atoms with E-state index in [1.54, 1.807) is 0 Å². The number of rotatable bonds is 3. The maximum atomic E-state index is 8.87. The second-order valence-electron chi connectivity index (χ2n) is 3.22. The van der Waals surface area contributed by atoms with Crippen molar-refractivity contribution in [2.75, 3.05) is 6.61 Å². The van der Waals surface area contributed by atoms with Crippen molar-refractivity contribution < 1.29 is 5.11 Å². The molecule has 1 aromatic heterocycles. The lowest BCUT2D eigenvalue weighted by molar-refractivity contribution is 0.298. The molecule has 0 saturated carbocycles. The van der Waals surface area contributed by atoms with Crippen LogP contribution in [0.2, 0.25) is 4.34 Å². The molecule has 84 valence electrons. The van der Waals surface area contributed by atoms with E-state index in [0.717, 1.165) is 20.7 Å². The zero-order valence-electron chi connectivity index (χ0n) is 8.28. The standard InChI is InChI=1S/C11H9BrClNOS/c12-8-3-1-2-7(6-8)11-14-9(4-5-15)10(13)16-11/h1-3,6,15H,4-5H2. The Kier molecular flexibility index (Phi) is 3.97. The quantitative estimate of drug-likeness (QED) is 0.934. The molecule has 1 heterocycles. The van der Waals surface area contributed by atoms with Gasteiger partial charge in [0.25, 0.3) is 0 Å². The van der Waals surface area contributed by atoms with E-state index < -0.39 is 0 Å². The first-order valence-electron chi connectivity index (χ1n) is 4.72. The van der Waals surface area contributed by atoms with Crippen LogP contribution in [-0.2, 0) is 6.42 Å². The van der Waals surface area contributed by atoms with Gasteiger partial charge >= 0.3 is 0 Å². The van der Waals surface area contributed by atoms with E-state index in [0.29, 0.717) is 10.8 Å². The highest BCUT2D eigenvalue weighted by Crippen LogP contribution is 2.32. The molecule has 0 saturated heterocycles. The molecule has 2 aromatic rings. The van der Waals surface area contributed by atoms with Crippen LogP contribution in [0, 0.1) is 0 Å². The normalized spacial score (nSPS) is 10.7. The van der Waals surface area contributed by atoms with Crippen molar-refractivity contribution in [1.29, 1.82) is 0 Å². The summed E-state index contributed by atoms with van der Waals surface area (Å²) in [7, 11) is 0. The van der Waals surface area contributed by atoms with E-state index in [1.807, 2.05) is 24.3 Å². The second kappa shape index (κ2) is 5.27. The summed E-state index contributed by atoms with van der Waals surface area (Å²) in [5.41, 5.74) is 1.80. The minimum Gasteiger partial charge on any atom is -0.396 e. The number of hydrogen-bond donors (Lipinski definition) is 1. The van der Waals surface area contributed by atoms with Gasteiger partial charge in [0.1, 0.15) is 9.34 Å². The lowest BCUT2D eigenvalue weighted by Crippen LogP contribution is -1.91. The van der Waals surface area contributed by atoms with Crippen molar-refractivity contribution in [2.24, 2.45) is 0 Å². The van der Waals surface area contributed by atoms with E-state index in [4.69, 9.17) is 16.7 Å². The van der Waals surface area contributed by atoms with Crippen LogP contribution in [0.3, 0.4) is 0 Å². The summed E-state index contributed by atoms with van der Waals surface area (Å²) in [4.78, 5) is 4.42. The highest BCUT2D eigenvalue weighted by atomic mass is 79.9. The third-order valence-corrected chi connectivity index (χ3v) is 3.95. The molecule has 0 unspecified atom stereocenters. The van der Waals surface area contributed by atoms with Crippen LogP contribution in [0.5, 0.6) is 0 Å². The summed E-state index contributed by atoms with van der Waals surface area (Å²) in [6.45, 7) is 0.0708. The minimum absolute atomic E-state index is 0.0708. The number of benzene rings is 1. The Balaban J connectivity index is 2.37. The van der Waals surface area contributed by atoms with Gasteiger partial charge in [-0.05, 0) is 12.1 Å². The third kappa shape index (κ3) is 2.63. The smallest absolute Gasteiger partial charge is 0.125 e. The molecule has 0 spiro atoms. The molecule has 1 N–H and O–H groups in total. The third-order valence-electron chi connectivity index (χ3n) is 2.07. The molecular weight excluding hydrogens is 310 g/mol. The molecule has 0 amide bonds. The minimum atomic E-state index is 0.0708. The van der Waals surface area contributed by atoms with Gasteiger partial charge in [-0.25, -0.2) is 4.98 Å². The van der Waals surface area contributed by atoms with Crippen molar-refractivity contribution >= 4 is 38.9 Å². The first-order valence-corrected chi connectivity index (χ1v) is 6.71. The summed E-state index contributed by atoms with van der Waals surface area (Å²) >= 11 is 10.9. The molecule has 0 atom stereocenters. The van der Waals surface area contributed by atoms with Crippen LogP contribution < -0.4 is 0 Å². The summed E-state index contributed by atoms with van der Waals surface area (Å²) in [6, 6.07) is 7.91. The fourth-order valence-corrected chi connectivity index (χ4v) is 2.93. The summed E-state index contributed by atoms with van der Waals surface area (Å²) < 4.78 is 1.67. The molecule has 1 aromatic carbocycles. The van der Waals surface area contributed by atoms with E-state index in [9.17, 15) is 0 Å². The number of thiazole rings is 1. The van der Waals surface area contributed by atoms with Crippen molar-refractivity contribution in [3.63, 3.8) is 0 Å². The van der Waals surface area contributed by atoms with Crippen molar-refractivity contribution in [3.8, 4) is 10.6 Å². The number of aromatic nitrogens is 1. The van der Waals surface area contributed by atoms with E-state index in [2.05, 4.69) is 20.9 Å². The fraction of sp³-hybridized carbons (Fsp3) is 0.182. The summed E-state index contributed by atoms with van der Waals surface area (Å²) in [5.74, 6) is 0. The molecule has 0 aliphatic carbocycles. The highest BCUT2D eigenvalue weighted by Gasteiger charge is 2.10. The first-order chi connectivity index (χ1) is 7.70. The Hall–Kier alpha value is -0.420. The predicted octanol–water partition coefficient (Wildman–Crippen LogP) is 3.76. The molecule has 0 aliphatic heterocycles. The number of aliphatic hydroxyl groups excluding tert-OH is 1. The SMILES string of the molecule is OCCc1nc(-c2cccc(Br)c2)sc1Cl. The zero-order chi connectivity index (χ0) is 11.5. The van der Waals surface area contributed by atoms with Gasteiger partial charge in [-0.2, -0.15) is 0 Å². The van der Waals surface area contributed by atoms with Gasteiger partial charge in [0.05, 0.1) is 5.69 Å². The van der Waals surface area contributed by atoms with E-state index in [1.165, 1.54) is 11.3 Å². The van der Waals surface area contributed by atoms with Crippen LogP contribution in [-0.4, -0.2) is 16.7 Å². The number of halogens is 2. The molecule has 0 aliphatic rings. The van der Waals surface area contributed by atoms with Crippen LogP contribution in [0.4, 0.5) is 0 Å². The molecule has 0 bridgehead atoms. The topological polar surface area (TPSA) is 33.1 Å². The zero-order valence-corrected chi connectivity index (χ0v) is 11.4. The Morgan fingerprint density at radius 2 is 2.25 bits per heavy atom. The molecular formula is C11H9BrClNOS. The van der Waals surface area contributed by atoms with Gasteiger partial charge in [-0.15, -0.1) is 11.3 Å². The van der Waals surface area contributed by atoms with Gasteiger partial charge in [-0.3, -0.25) is 0 Å². The van der Waals surface area contributed by atoms with Crippen molar-refractivity contribution in [2.45, 2.75) is 6.42 Å². The van der Waals surface area contributed by atoms with Crippen molar-refractivity contribution in [3.05, 3.63) is 38.8 Å². The lowest BCUT2D eigenvalue weighted by Gasteiger charge is -1.96. The Morgan fingerprint density at radius 1 is 1.44 bits per heavy atom. The lowest BCUT2D eigenvalue weighted by atomic mass is 10.2. The number of nitrogens with zero attached hydrogens (tertiary/aromatic N) is 1. The van der Waals surface area contributed by atoms with Crippen molar-refractivity contribution in [1.82, 2.24) is 4.98 Å². The maximum Gasteiger partial charge on any atom is 0.125 e. The number of hydrogen-bond acceptors (Lipinski definition) is 3. The van der Waals surface area contributed by atoms with Gasteiger partial charge in [-0.1, -0.05) is 39.7 Å². The Bertz CT molecular complexity index is 500. The monoisotopic (exact) mass is 317 g/mol. The molecule has 16 heavy (non-hydrogen) atoms. The van der Waals surface area contributed by atoms with E-state index >= 15 is 0 Å². The molecule has 5 heteroatoms. The second-order valence-corrected chi connectivity index (χ2v) is 5.74. The molecule has 0 radical (unpaired) electrons. The largest absolute Gasteiger partial charge is 0.396 e. The molecule has 2 nitrogen and oxygen atoms in total. The summed E-state index contributed by atoms with van der Waals surface area (Å²) in [5, 5.41) is 9.75. The van der Waals surface area contributed by atoms with Crippen LogP contribution in [0.15, 0.2) is 28.7 Å². The summed E-state index contributed by atoms with van der Waals surface area (Å²) in [6.07, 6.45) is 0.503. The average Bonchev–Trinajstić information content (AvgIpc) is 2.61. The van der Waals surface area contributed by atoms with Gasteiger partial charge < -0.3 is 5.11 Å².